The largest absolute Gasteiger partial charge is 0.512 e. The summed E-state index contributed by atoms with van der Waals surface area (Å²) in [4.78, 5) is 12.3. The summed E-state index contributed by atoms with van der Waals surface area (Å²) in [6.45, 7) is 32.4. The van der Waals surface area contributed by atoms with E-state index in [2.05, 4.69) is 159 Å². The molecule has 2 heterocycles. The average Bonchev–Trinajstić information content (AvgIpc) is 3.38. The summed E-state index contributed by atoms with van der Waals surface area (Å²) < 4.78 is 4.66. The fraction of sp³-hybridized carbons (Fsp3) is 0.435. The number of aliphatic hydroxyl groups is 1. The third-order valence-corrected chi connectivity index (χ3v) is 11.7. The number of fused-ring (bicyclic) bond motifs is 4. The Labute approximate surface area is 325 Å². The van der Waals surface area contributed by atoms with E-state index in [9.17, 15) is 9.90 Å². The van der Waals surface area contributed by atoms with Crippen molar-refractivity contribution in [2.75, 3.05) is 0 Å². The van der Waals surface area contributed by atoms with Gasteiger partial charge in [-0.15, -0.1) is 34.4 Å². The predicted molar refractivity (Wildman–Crippen MR) is 218 cm³/mol. The second-order valence-electron chi connectivity index (χ2n) is 16.6. The third kappa shape index (κ3) is 8.75. The van der Waals surface area contributed by atoms with Crippen LogP contribution in [0.1, 0.15) is 98.4 Å². The van der Waals surface area contributed by atoms with Crippen LogP contribution in [0.15, 0.2) is 66.6 Å². The normalized spacial score (nSPS) is 12.6. The number of aliphatic hydroxyl groups excluding tert-OH is 1. The molecule has 5 aromatic rings. The van der Waals surface area contributed by atoms with E-state index < -0.39 is 0 Å². The van der Waals surface area contributed by atoms with Crippen LogP contribution < -0.4 is 4.57 Å². The number of hydrogen-bond donors (Lipinski definition) is 1. The van der Waals surface area contributed by atoms with Gasteiger partial charge in [0.05, 0.1) is 17.6 Å². The van der Waals surface area contributed by atoms with Gasteiger partial charge in [-0.3, -0.25) is 4.79 Å². The fourth-order valence-corrected chi connectivity index (χ4v) is 9.30. The van der Waals surface area contributed by atoms with Gasteiger partial charge in [0, 0.05) is 54.5 Å². The van der Waals surface area contributed by atoms with Crippen LogP contribution in [0.2, 0.25) is 0 Å². The Morgan fingerprint density at radius 2 is 1.31 bits per heavy atom. The van der Waals surface area contributed by atoms with Gasteiger partial charge in [0.1, 0.15) is 0 Å². The first kappa shape index (κ1) is 42.3. The van der Waals surface area contributed by atoms with Crippen LogP contribution in [-0.4, -0.2) is 10.9 Å². The van der Waals surface area contributed by atoms with Gasteiger partial charge in [-0.2, -0.15) is 12.5 Å². The first-order valence-electron chi connectivity index (χ1n) is 18.3. The monoisotopic (exact) mass is 883 g/mol. The average molecular weight is 883 g/mol. The van der Waals surface area contributed by atoms with Crippen molar-refractivity contribution < 1.29 is 34.6 Å². The zero-order chi connectivity index (χ0) is 37.4. The van der Waals surface area contributed by atoms with Gasteiger partial charge in [-0.25, -0.2) is 0 Å². The Balaban J connectivity index is 0.000000306. The summed E-state index contributed by atoms with van der Waals surface area (Å²) in [6.07, 6.45) is 3.57. The van der Waals surface area contributed by atoms with E-state index in [0.29, 0.717) is 23.7 Å². The van der Waals surface area contributed by atoms with E-state index in [-0.39, 0.29) is 48.9 Å². The van der Waals surface area contributed by atoms with Crippen LogP contribution in [0.5, 0.6) is 0 Å². The number of thiophene rings is 1. The van der Waals surface area contributed by atoms with Crippen molar-refractivity contribution >= 4 is 48.1 Å². The number of nitrogens with zero attached hydrogens (tertiary/aromatic N) is 1. The Hall–Kier alpha value is -3.11. The molecule has 0 atom stereocenters. The fourth-order valence-electron chi connectivity index (χ4n) is 7.89. The van der Waals surface area contributed by atoms with Crippen molar-refractivity contribution in [3.05, 3.63) is 103 Å². The Bertz CT molecular complexity index is 2020. The van der Waals surface area contributed by atoms with E-state index in [1.807, 2.05) is 15.9 Å². The quantitative estimate of drug-likeness (QED) is 0.0730. The molecule has 51 heavy (non-hydrogen) atoms. The number of aromatic nitrogens is 1. The Morgan fingerprint density at radius 3 is 1.84 bits per heavy atom. The zero-order valence-corrected chi connectivity index (χ0v) is 36.4. The van der Waals surface area contributed by atoms with Crippen molar-refractivity contribution in [1.29, 1.82) is 0 Å². The number of rotatable bonds is 8. The van der Waals surface area contributed by atoms with Crippen molar-refractivity contribution in [1.82, 2.24) is 0 Å². The number of benzene rings is 3. The van der Waals surface area contributed by atoms with E-state index >= 15 is 0 Å². The molecule has 0 aliphatic heterocycles. The summed E-state index contributed by atoms with van der Waals surface area (Å²) in [5.41, 5.74) is 7.46. The van der Waals surface area contributed by atoms with E-state index in [0.717, 1.165) is 11.3 Å². The second-order valence-corrected chi connectivity index (χ2v) is 17.6. The molecule has 0 saturated heterocycles. The zero-order valence-electron chi connectivity index (χ0n) is 33.2. The van der Waals surface area contributed by atoms with Crippen LogP contribution in [0.4, 0.5) is 0 Å². The standard InChI is InChI=1S/C29H28NS.C17H32O2.Ir/c1-17-12-13-22-23-14-15-30(7)26(28(23)31-27(22)18(17)2)24-16-25(29(4,5)6)21-11-9-8-10-20(21)19(24)3;1-10(2)16(11(3)4)14(18)9-15(19)17(12(5)6)13(7)8;/h8-16H,3,7H2,1-2,4-6H3;9-13,16-18H,1-8H3;/q-1;;/b;14-9-;. The number of ketones is 1. The summed E-state index contributed by atoms with van der Waals surface area (Å²) >= 11 is 1.88. The van der Waals surface area contributed by atoms with Crippen molar-refractivity contribution in [2.45, 2.75) is 95.4 Å². The van der Waals surface area contributed by atoms with Crippen molar-refractivity contribution in [3.8, 4) is 11.3 Å². The van der Waals surface area contributed by atoms with Gasteiger partial charge < -0.3 is 9.67 Å². The minimum atomic E-state index is -0.0119. The molecule has 0 aliphatic carbocycles. The Morgan fingerprint density at radius 1 is 0.784 bits per heavy atom. The predicted octanol–water partition coefficient (Wildman–Crippen LogP) is 12.7. The minimum absolute atomic E-state index is 0. The first-order chi connectivity index (χ1) is 23.3. The number of carbonyl (C=O) groups excluding carboxylic acids is 1. The van der Waals surface area contributed by atoms with Crippen molar-refractivity contribution in [2.24, 2.45) is 35.5 Å². The first-order valence-corrected chi connectivity index (χ1v) is 19.1. The third-order valence-electron chi connectivity index (χ3n) is 10.4. The molecule has 0 spiro atoms. The molecule has 277 valence electrons. The van der Waals surface area contributed by atoms with Crippen LogP contribution in [0, 0.1) is 63.3 Å². The Kier molecular flexibility index (Phi) is 13.9. The molecule has 0 bridgehead atoms. The number of allylic oxidation sites excluding steroid dienone is 2. The topological polar surface area (TPSA) is 41.2 Å². The molecule has 5 heteroatoms. The SMILES string of the molecule is CC(C)C(C(=O)/C=C(\O)C(C(C)C)C(C)C)C(C)C.[CH2-]c1c(-c2c3sc4c(C)c(C)ccc4c3cc[n+]2[CH2-])cc(C(C)(C)C)c2ccccc12.[Ir]. The summed E-state index contributed by atoms with van der Waals surface area (Å²) in [5, 5.41) is 15.4. The van der Waals surface area contributed by atoms with Gasteiger partial charge in [0.15, 0.2) is 5.78 Å². The molecule has 1 N–H and O–H groups in total. The summed E-state index contributed by atoms with van der Waals surface area (Å²) in [5.74, 6) is 1.63. The van der Waals surface area contributed by atoms with Crippen LogP contribution in [-0.2, 0) is 30.3 Å². The van der Waals surface area contributed by atoms with Gasteiger partial charge in [0.2, 0.25) is 0 Å². The molecule has 0 saturated carbocycles. The number of hydrogen-bond acceptors (Lipinski definition) is 3. The molecule has 3 nitrogen and oxygen atoms in total. The van der Waals surface area contributed by atoms with Crippen LogP contribution >= 0.6 is 11.3 Å². The molecule has 0 fully saturated rings. The summed E-state index contributed by atoms with van der Waals surface area (Å²) in [7, 11) is 4.37. The minimum Gasteiger partial charge on any atom is -0.512 e. The molecule has 0 aliphatic rings. The van der Waals surface area contributed by atoms with Gasteiger partial charge >= 0.3 is 0 Å². The molecule has 3 aromatic carbocycles. The second kappa shape index (κ2) is 16.7. The van der Waals surface area contributed by atoms with E-state index in [1.165, 1.54) is 59.3 Å². The molecule has 5 rings (SSSR count). The molecule has 0 unspecified atom stereocenters. The maximum absolute atomic E-state index is 12.3. The number of pyridine rings is 1. The molecule has 2 aromatic heterocycles. The number of carbonyl (C=O) groups is 1. The smallest absolute Gasteiger partial charge is 0.162 e. The van der Waals surface area contributed by atoms with Gasteiger partial charge in [-0.05, 0) is 70.9 Å². The number of aryl methyl sites for hydroxylation is 2. The van der Waals surface area contributed by atoms with E-state index in [1.54, 1.807) is 0 Å². The maximum atomic E-state index is 12.3. The molecular weight excluding hydrogens is 823 g/mol. The van der Waals surface area contributed by atoms with Crippen LogP contribution in [0.3, 0.4) is 0 Å². The molecule has 0 amide bonds. The van der Waals surface area contributed by atoms with Gasteiger partial charge in [-0.1, -0.05) is 117 Å². The van der Waals surface area contributed by atoms with Gasteiger partial charge in [0.25, 0.3) is 0 Å². The summed E-state index contributed by atoms with van der Waals surface area (Å²) in [6, 6.07) is 17.7. The maximum Gasteiger partial charge on any atom is 0.162 e. The van der Waals surface area contributed by atoms with E-state index in [4.69, 9.17) is 0 Å². The van der Waals surface area contributed by atoms with Crippen LogP contribution in [0.25, 0.3) is 42.2 Å². The van der Waals surface area contributed by atoms with Crippen molar-refractivity contribution in [3.63, 3.8) is 0 Å². The molecule has 1 radical (unpaired) electrons. The molecular formula is C46H60IrNO2S-.